The van der Waals surface area contributed by atoms with Crippen molar-refractivity contribution in [2.75, 3.05) is 11.1 Å². The summed E-state index contributed by atoms with van der Waals surface area (Å²) in [6.07, 6.45) is 0. The average molecular weight is 204 g/mol. The van der Waals surface area contributed by atoms with Crippen molar-refractivity contribution in [3.63, 3.8) is 0 Å². The van der Waals surface area contributed by atoms with E-state index in [4.69, 9.17) is 10.3 Å². The van der Waals surface area contributed by atoms with Crippen molar-refractivity contribution >= 4 is 11.4 Å². The minimum Gasteiger partial charge on any atom is -0.399 e. The lowest BCUT2D eigenvalue weighted by molar-refractivity contribution is 0.388. The molecule has 1 aromatic heterocycles. The van der Waals surface area contributed by atoms with Crippen LogP contribution in [0.25, 0.3) is 0 Å². The van der Waals surface area contributed by atoms with Gasteiger partial charge in [0, 0.05) is 18.3 Å². The Labute approximate surface area is 87.3 Å². The van der Waals surface area contributed by atoms with Crippen LogP contribution in [0.5, 0.6) is 0 Å². The van der Waals surface area contributed by atoms with Gasteiger partial charge in [-0.15, -0.1) is 0 Å². The number of nitrogens with zero attached hydrogens (tertiary/aromatic N) is 2. The van der Waals surface area contributed by atoms with Crippen LogP contribution in [-0.4, -0.2) is 10.1 Å². The number of hydrogen-bond acceptors (Lipinski definition) is 5. The van der Waals surface area contributed by atoms with E-state index in [0.717, 1.165) is 11.4 Å². The van der Waals surface area contributed by atoms with E-state index < -0.39 is 0 Å². The van der Waals surface area contributed by atoms with Crippen molar-refractivity contribution in [3.05, 3.63) is 36.0 Å². The summed E-state index contributed by atoms with van der Waals surface area (Å²) in [5.41, 5.74) is 7.29. The molecule has 3 N–H and O–H groups in total. The Hall–Kier alpha value is -2.04. The molecule has 0 saturated heterocycles. The summed E-state index contributed by atoms with van der Waals surface area (Å²) in [4.78, 5) is 4.08. The fourth-order valence-electron chi connectivity index (χ4n) is 1.20. The Bertz CT molecular complexity index is 435. The van der Waals surface area contributed by atoms with E-state index in [1.165, 1.54) is 0 Å². The molecule has 2 rings (SSSR count). The van der Waals surface area contributed by atoms with Gasteiger partial charge in [-0.05, 0) is 24.3 Å². The molecule has 0 unspecified atom stereocenters. The predicted octanol–water partition coefficient (Wildman–Crippen LogP) is 1.57. The van der Waals surface area contributed by atoms with E-state index in [0.29, 0.717) is 18.3 Å². The van der Waals surface area contributed by atoms with E-state index in [2.05, 4.69) is 15.5 Å². The highest BCUT2D eigenvalue weighted by Gasteiger charge is 2.00. The molecule has 0 fully saturated rings. The normalized spacial score (nSPS) is 10.2. The van der Waals surface area contributed by atoms with Crippen LogP contribution >= 0.6 is 0 Å². The van der Waals surface area contributed by atoms with Gasteiger partial charge in [0.2, 0.25) is 5.89 Å². The summed E-state index contributed by atoms with van der Waals surface area (Å²) in [7, 11) is 0. The second-order valence-electron chi connectivity index (χ2n) is 3.21. The smallest absolute Gasteiger partial charge is 0.223 e. The molecule has 0 spiro atoms. The Kier molecular flexibility index (Phi) is 2.53. The zero-order valence-corrected chi connectivity index (χ0v) is 8.40. The van der Waals surface area contributed by atoms with Crippen LogP contribution in [0.2, 0.25) is 0 Å². The Morgan fingerprint density at radius 1 is 1.33 bits per heavy atom. The molecule has 15 heavy (non-hydrogen) atoms. The van der Waals surface area contributed by atoms with Gasteiger partial charge in [-0.25, -0.2) is 0 Å². The van der Waals surface area contributed by atoms with E-state index in [-0.39, 0.29) is 0 Å². The second kappa shape index (κ2) is 4.00. The van der Waals surface area contributed by atoms with E-state index in [1.54, 1.807) is 6.92 Å². The number of hydrogen-bond donors (Lipinski definition) is 2. The molecule has 1 heterocycles. The molecular weight excluding hydrogens is 192 g/mol. The van der Waals surface area contributed by atoms with Crippen molar-refractivity contribution < 1.29 is 4.52 Å². The number of anilines is 2. The number of benzene rings is 1. The first kappa shape index (κ1) is 9.51. The molecule has 0 aliphatic rings. The summed E-state index contributed by atoms with van der Waals surface area (Å²) in [5, 5.41) is 6.94. The Morgan fingerprint density at radius 2 is 2.07 bits per heavy atom. The summed E-state index contributed by atoms with van der Waals surface area (Å²) in [5.74, 6) is 1.22. The van der Waals surface area contributed by atoms with Gasteiger partial charge in [0.15, 0.2) is 5.82 Å². The standard InChI is InChI=1S/C10H12N4O/c1-7-13-10(14-15-7)6-12-9-4-2-8(11)3-5-9/h2-5,12H,6,11H2,1H3. The fraction of sp³-hybridized carbons (Fsp3) is 0.200. The first-order valence-corrected chi connectivity index (χ1v) is 4.62. The van der Waals surface area contributed by atoms with Gasteiger partial charge in [0.05, 0.1) is 6.54 Å². The molecule has 0 amide bonds. The van der Waals surface area contributed by atoms with Crippen molar-refractivity contribution in [2.24, 2.45) is 0 Å². The van der Waals surface area contributed by atoms with Crippen molar-refractivity contribution in [1.29, 1.82) is 0 Å². The van der Waals surface area contributed by atoms with Gasteiger partial charge < -0.3 is 15.6 Å². The molecule has 78 valence electrons. The Balaban J connectivity index is 1.96. The molecule has 0 saturated carbocycles. The minimum absolute atomic E-state index is 0.543. The van der Waals surface area contributed by atoms with Gasteiger partial charge in [-0.3, -0.25) is 0 Å². The number of nitrogen functional groups attached to an aromatic ring is 1. The predicted molar refractivity (Wildman–Crippen MR) is 57.2 cm³/mol. The van der Waals surface area contributed by atoms with Crippen LogP contribution in [0.15, 0.2) is 28.8 Å². The molecule has 5 heteroatoms. The van der Waals surface area contributed by atoms with E-state index >= 15 is 0 Å². The lowest BCUT2D eigenvalue weighted by Gasteiger charge is -2.02. The largest absolute Gasteiger partial charge is 0.399 e. The summed E-state index contributed by atoms with van der Waals surface area (Å²) in [6, 6.07) is 7.48. The third kappa shape index (κ3) is 2.46. The number of aromatic nitrogens is 2. The lowest BCUT2D eigenvalue weighted by Crippen LogP contribution is -2.01. The molecule has 0 atom stereocenters. The molecule has 0 aliphatic carbocycles. The zero-order valence-electron chi connectivity index (χ0n) is 8.40. The molecule has 1 aromatic carbocycles. The third-order valence-corrected chi connectivity index (χ3v) is 1.93. The maximum Gasteiger partial charge on any atom is 0.223 e. The molecule has 0 bridgehead atoms. The fourth-order valence-corrected chi connectivity index (χ4v) is 1.20. The van der Waals surface area contributed by atoms with Crippen LogP contribution < -0.4 is 11.1 Å². The van der Waals surface area contributed by atoms with Crippen LogP contribution in [0, 0.1) is 6.92 Å². The van der Waals surface area contributed by atoms with Gasteiger partial charge in [0.1, 0.15) is 0 Å². The molecule has 0 radical (unpaired) electrons. The minimum atomic E-state index is 0.543. The van der Waals surface area contributed by atoms with Crippen LogP contribution in [0.3, 0.4) is 0 Å². The van der Waals surface area contributed by atoms with E-state index in [9.17, 15) is 0 Å². The van der Waals surface area contributed by atoms with Gasteiger partial charge in [-0.2, -0.15) is 4.98 Å². The monoisotopic (exact) mass is 204 g/mol. The highest BCUT2D eigenvalue weighted by Crippen LogP contribution is 2.11. The molecule has 2 aromatic rings. The maximum atomic E-state index is 5.57. The van der Waals surface area contributed by atoms with Crippen LogP contribution in [0.1, 0.15) is 11.7 Å². The van der Waals surface area contributed by atoms with Gasteiger partial charge >= 0.3 is 0 Å². The molecule has 5 nitrogen and oxygen atoms in total. The topological polar surface area (TPSA) is 77.0 Å². The lowest BCUT2D eigenvalue weighted by atomic mass is 10.3. The summed E-state index contributed by atoms with van der Waals surface area (Å²) in [6.45, 7) is 2.31. The molecular formula is C10H12N4O. The quantitative estimate of drug-likeness (QED) is 0.742. The number of aryl methyl sites for hydroxylation is 1. The SMILES string of the molecule is Cc1nc(CNc2ccc(N)cc2)no1. The summed E-state index contributed by atoms with van der Waals surface area (Å²) < 4.78 is 4.85. The van der Waals surface area contributed by atoms with Crippen LogP contribution in [-0.2, 0) is 6.54 Å². The van der Waals surface area contributed by atoms with Gasteiger partial charge in [0.25, 0.3) is 0 Å². The van der Waals surface area contributed by atoms with Crippen molar-refractivity contribution in [2.45, 2.75) is 13.5 Å². The van der Waals surface area contributed by atoms with Crippen LogP contribution in [0.4, 0.5) is 11.4 Å². The summed E-state index contributed by atoms with van der Waals surface area (Å²) >= 11 is 0. The second-order valence-corrected chi connectivity index (χ2v) is 3.21. The van der Waals surface area contributed by atoms with E-state index in [1.807, 2.05) is 24.3 Å². The first-order chi connectivity index (χ1) is 7.24. The highest BCUT2D eigenvalue weighted by atomic mass is 16.5. The zero-order chi connectivity index (χ0) is 10.7. The maximum absolute atomic E-state index is 5.57. The van der Waals surface area contributed by atoms with Crippen molar-refractivity contribution in [1.82, 2.24) is 10.1 Å². The number of nitrogens with two attached hydrogens (primary N) is 1. The average Bonchev–Trinajstić information content (AvgIpc) is 2.64. The van der Waals surface area contributed by atoms with Crippen molar-refractivity contribution in [3.8, 4) is 0 Å². The Morgan fingerprint density at radius 3 is 2.67 bits per heavy atom. The van der Waals surface area contributed by atoms with Gasteiger partial charge in [-0.1, -0.05) is 5.16 Å². The number of rotatable bonds is 3. The number of nitrogens with one attached hydrogen (secondary N) is 1. The third-order valence-electron chi connectivity index (χ3n) is 1.93. The molecule has 0 aliphatic heterocycles. The highest BCUT2D eigenvalue weighted by molar-refractivity contribution is 5.51. The first-order valence-electron chi connectivity index (χ1n) is 4.62.